The first kappa shape index (κ1) is 22.8. The SMILES string of the molecule is COc1ccc(-c2cc(=O)c3c(O)c([C@@H]4O[C@H](CO)[C@@H](O)[C@H](O)[C@H]4O)c(O)cc3o2)cc1O. The molecule has 0 bridgehead atoms. The summed E-state index contributed by atoms with van der Waals surface area (Å²) in [4.78, 5) is 12.8. The van der Waals surface area contributed by atoms with E-state index in [0.717, 1.165) is 12.1 Å². The second-order valence-electron chi connectivity index (χ2n) is 7.64. The van der Waals surface area contributed by atoms with Gasteiger partial charge in [-0.1, -0.05) is 0 Å². The summed E-state index contributed by atoms with van der Waals surface area (Å²) in [5.41, 5.74) is -0.994. The van der Waals surface area contributed by atoms with Crippen LogP contribution in [0.1, 0.15) is 11.7 Å². The number of methoxy groups -OCH3 is 1. The summed E-state index contributed by atoms with van der Waals surface area (Å²) in [5, 5.41) is 70.7. The number of rotatable bonds is 4. The molecule has 0 aliphatic carbocycles. The van der Waals surface area contributed by atoms with Crippen LogP contribution in [-0.2, 0) is 4.74 Å². The number of aliphatic hydroxyl groups is 4. The van der Waals surface area contributed by atoms with Gasteiger partial charge in [0.05, 0.1) is 19.3 Å². The lowest BCUT2D eigenvalue weighted by Crippen LogP contribution is -2.55. The number of aromatic hydroxyl groups is 3. The first-order valence-electron chi connectivity index (χ1n) is 9.88. The average molecular weight is 462 g/mol. The van der Waals surface area contributed by atoms with Gasteiger partial charge >= 0.3 is 0 Å². The quantitative estimate of drug-likeness (QED) is 0.278. The lowest BCUT2D eigenvalue weighted by atomic mass is 9.89. The largest absolute Gasteiger partial charge is 0.507 e. The van der Waals surface area contributed by atoms with Gasteiger partial charge < -0.3 is 49.6 Å². The molecule has 11 nitrogen and oxygen atoms in total. The van der Waals surface area contributed by atoms with Crippen molar-refractivity contribution in [1.82, 2.24) is 0 Å². The van der Waals surface area contributed by atoms with Crippen LogP contribution in [0.3, 0.4) is 0 Å². The number of phenols is 3. The van der Waals surface area contributed by atoms with Gasteiger partial charge in [0.15, 0.2) is 16.9 Å². The standard InChI is InChI=1S/C22H22O11/c1-31-12-3-2-8(4-9(12)24)13-5-10(25)16-14(32-13)6-11(26)17(19(16)28)22-21(30)20(29)18(27)15(7-23)33-22/h2-6,15,18,20-24,26-30H,7H2,1H3/t15-,18-,20+,21-,22+/m1/s1. The molecule has 1 aromatic heterocycles. The Bertz CT molecular complexity index is 1250. The molecule has 1 aliphatic heterocycles. The van der Waals surface area contributed by atoms with Crippen molar-refractivity contribution in [1.29, 1.82) is 0 Å². The summed E-state index contributed by atoms with van der Waals surface area (Å²) in [6, 6.07) is 6.40. The van der Waals surface area contributed by atoms with Gasteiger partial charge in [0.1, 0.15) is 58.7 Å². The Labute approximate surface area is 185 Å². The maximum Gasteiger partial charge on any atom is 0.197 e. The minimum Gasteiger partial charge on any atom is -0.507 e. The van der Waals surface area contributed by atoms with E-state index in [9.17, 15) is 40.5 Å². The Kier molecular flexibility index (Phi) is 5.91. The molecule has 2 heterocycles. The Balaban J connectivity index is 1.84. The van der Waals surface area contributed by atoms with Gasteiger partial charge in [0.25, 0.3) is 0 Å². The first-order valence-corrected chi connectivity index (χ1v) is 9.88. The highest BCUT2D eigenvalue weighted by Gasteiger charge is 2.46. The van der Waals surface area contributed by atoms with Crippen molar-refractivity contribution in [3.63, 3.8) is 0 Å². The predicted octanol–water partition coefficient (Wildman–Crippen LogP) is 0.100. The molecule has 1 aliphatic rings. The third-order valence-corrected chi connectivity index (χ3v) is 5.65. The number of aliphatic hydroxyl groups excluding tert-OH is 4. The molecular formula is C22H22O11. The van der Waals surface area contributed by atoms with Gasteiger partial charge in [-0.15, -0.1) is 0 Å². The lowest BCUT2D eigenvalue weighted by molar-refractivity contribution is -0.232. The smallest absolute Gasteiger partial charge is 0.197 e. The van der Waals surface area contributed by atoms with Crippen molar-refractivity contribution in [2.45, 2.75) is 30.5 Å². The summed E-state index contributed by atoms with van der Waals surface area (Å²) in [5.74, 6) is -1.33. The van der Waals surface area contributed by atoms with E-state index in [2.05, 4.69) is 0 Å². The van der Waals surface area contributed by atoms with Crippen LogP contribution in [0.4, 0.5) is 0 Å². The van der Waals surface area contributed by atoms with E-state index >= 15 is 0 Å². The Morgan fingerprint density at radius 1 is 0.970 bits per heavy atom. The van der Waals surface area contributed by atoms with E-state index in [1.165, 1.54) is 25.3 Å². The van der Waals surface area contributed by atoms with Gasteiger partial charge in [-0.3, -0.25) is 4.79 Å². The maximum absolute atomic E-state index is 12.8. The molecule has 5 atom stereocenters. The van der Waals surface area contributed by atoms with Crippen molar-refractivity contribution in [3.8, 4) is 34.3 Å². The molecule has 3 aromatic rings. The normalized spacial score (nSPS) is 25.3. The van der Waals surface area contributed by atoms with Crippen LogP contribution in [0.2, 0.25) is 0 Å². The number of fused-ring (bicyclic) bond motifs is 1. The highest BCUT2D eigenvalue weighted by atomic mass is 16.5. The Morgan fingerprint density at radius 2 is 1.70 bits per heavy atom. The van der Waals surface area contributed by atoms with Gasteiger partial charge in [-0.2, -0.15) is 0 Å². The zero-order valence-electron chi connectivity index (χ0n) is 17.2. The van der Waals surface area contributed by atoms with Crippen LogP contribution in [0.15, 0.2) is 39.5 Å². The number of ether oxygens (including phenoxy) is 2. The summed E-state index contributed by atoms with van der Waals surface area (Å²) in [6.07, 6.45) is -8.03. The van der Waals surface area contributed by atoms with Crippen molar-refractivity contribution in [3.05, 3.63) is 46.1 Å². The molecule has 7 N–H and O–H groups in total. The fraction of sp³-hybridized carbons (Fsp3) is 0.318. The van der Waals surface area contributed by atoms with E-state index in [1.807, 2.05) is 0 Å². The summed E-state index contributed by atoms with van der Waals surface area (Å²) >= 11 is 0. The number of phenolic OH excluding ortho intramolecular Hbond substituents is 3. The van der Waals surface area contributed by atoms with Gasteiger partial charge in [-0.05, 0) is 18.2 Å². The van der Waals surface area contributed by atoms with E-state index in [4.69, 9.17) is 13.9 Å². The van der Waals surface area contributed by atoms with Gasteiger partial charge in [-0.25, -0.2) is 0 Å². The van der Waals surface area contributed by atoms with Crippen molar-refractivity contribution < 1.29 is 49.6 Å². The number of hydrogen-bond donors (Lipinski definition) is 7. The van der Waals surface area contributed by atoms with Crippen molar-refractivity contribution in [2.24, 2.45) is 0 Å². The highest BCUT2D eigenvalue weighted by molar-refractivity contribution is 5.88. The van der Waals surface area contributed by atoms with Crippen LogP contribution in [-0.4, -0.2) is 73.9 Å². The molecule has 1 fully saturated rings. The predicted molar refractivity (Wildman–Crippen MR) is 112 cm³/mol. The van der Waals surface area contributed by atoms with E-state index in [1.54, 1.807) is 0 Å². The Morgan fingerprint density at radius 3 is 2.33 bits per heavy atom. The van der Waals surface area contributed by atoms with Crippen LogP contribution in [0.5, 0.6) is 23.0 Å². The third kappa shape index (κ3) is 3.75. The zero-order chi connectivity index (χ0) is 24.0. The van der Waals surface area contributed by atoms with Crippen LogP contribution < -0.4 is 10.2 Å². The summed E-state index contributed by atoms with van der Waals surface area (Å²) in [7, 11) is 1.38. The topological polar surface area (TPSA) is 190 Å². The van der Waals surface area contributed by atoms with Crippen LogP contribution in [0.25, 0.3) is 22.3 Å². The van der Waals surface area contributed by atoms with E-state index in [0.29, 0.717) is 5.56 Å². The van der Waals surface area contributed by atoms with Gasteiger partial charge in [0, 0.05) is 17.7 Å². The fourth-order valence-electron chi connectivity index (χ4n) is 3.91. The van der Waals surface area contributed by atoms with Crippen LogP contribution in [0, 0.1) is 0 Å². The average Bonchev–Trinajstić information content (AvgIpc) is 2.78. The van der Waals surface area contributed by atoms with Crippen molar-refractivity contribution in [2.75, 3.05) is 13.7 Å². The summed E-state index contributed by atoms with van der Waals surface area (Å²) < 4.78 is 16.0. The molecular weight excluding hydrogens is 440 g/mol. The first-order chi connectivity index (χ1) is 15.7. The molecule has 176 valence electrons. The minimum absolute atomic E-state index is 0.0323. The molecule has 0 radical (unpaired) electrons. The monoisotopic (exact) mass is 462 g/mol. The van der Waals surface area contributed by atoms with E-state index in [-0.39, 0.29) is 28.2 Å². The fourth-order valence-corrected chi connectivity index (χ4v) is 3.91. The van der Waals surface area contributed by atoms with Crippen LogP contribution >= 0.6 is 0 Å². The highest BCUT2D eigenvalue weighted by Crippen LogP contribution is 2.44. The second kappa shape index (κ2) is 8.54. The minimum atomic E-state index is -1.79. The molecule has 33 heavy (non-hydrogen) atoms. The molecule has 0 unspecified atom stereocenters. The molecule has 1 saturated heterocycles. The number of hydrogen-bond acceptors (Lipinski definition) is 11. The maximum atomic E-state index is 12.8. The third-order valence-electron chi connectivity index (χ3n) is 5.65. The molecule has 2 aromatic carbocycles. The molecule has 4 rings (SSSR count). The molecule has 11 heteroatoms. The van der Waals surface area contributed by atoms with Gasteiger partial charge in [0.2, 0.25) is 0 Å². The Hall–Kier alpha value is -3.35. The number of benzene rings is 2. The molecule has 0 spiro atoms. The molecule has 0 saturated carbocycles. The lowest BCUT2D eigenvalue weighted by Gasteiger charge is -2.40. The second-order valence-corrected chi connectivity index (χ2v) is 7.64. The van der Waals surface area contributed by atoms with E-state index < -0.39 is 59.6 Å². The van der Waals surface area contributed by atoms with Crippen molar-refractivity contribution >= 4 is 11.0 Å². The zero-order valence-corrected chi connectivity index (χ0v) is 17.2. The molecule has 0 amide bonds. The summed E-state index contributed by atoms with van der Waals surface area (Å²) in [6.45, 7) is -0.712.